The Kier molecular flexibility index (Phi) is 31.6. The van der Waals surface area contributed by atoms with Crippen LogP contribution in [0.5, 0.6) is 0 Å². The molecule has 6 fully saturated rings. The Bertz CT molecular complexity index is 1290. The molecule has 0 spiro atoms. The van der Waals surface area contributed by atoms with Crippen molar-refractivity contribution >= 4 is 31.9 Å². The first-order chi connectivity index (χ1) is 30.5. The maximum atomic E-state index is 10.8. The van der Waals surface area contributed by atoms with E-state index in [4.69, 9.17) is 33.8 Å². The summed E-state index contributed by atoms with van der Waals surface area (Å²) in [6, 6.07) is 0. The first-order valence-corrected chi connectivity index (χ1v) is 25.0. The predicted octanol–water partition coefficient (Wildman–Crippen LogP) is 7.52. The Morgan fingerprint density at radius 2 is 0.906 bits per heavy atom. The molecule has 6 aliphatic rings. The minimum absolute atomic E-state index is 0.0713. The zero-order chi connectivity index (χ0) is 47.9. The minimum atomic E-state index is -4.29. The molecular weight excluding hydrogens is 851 g/mol. The summed E-state index contributed by atoms with van der Waals surface area (Å²) < 4.78 is 42.2. The molecule has 5 N–H and O–H groups in total. The summed E-state index contributed by atoms with van der Waals surface area (Å²) in [7, 11) is -4.29. The molecule has 4 bridgehead atoms. The molecule has 2 amide bonds. The zero-order valence-electron chi connectivity index (χ0n) is 39.7. The highest BCUT2D eigenvalue weighted by Gasteiger charge is 2.49. The number of aliphatic hydroxyl groups excluding tert-OH is 1. The molecule has 0 heterocycles. The molecule has 372 valence electrons. The Labute approximate surface area is 382 Å². The molecule has 8 atom stereocenters. The van der Waals surface area contributed by atoms with E-state index in [1.807, 2.05) is 6.92 Å². The molecule has 0 aromatic heterocycles. The molecule has 8 unspecified atom stereocenters. The third kappa shape index (κ3) is 25.0. The number of fused-ring (bicyclic) bond motifs is 10. The van der Waals surface area contributed by atoms with Crippen LogP contribution in [0.4, 0.5) is 9.59 Å². The maximum absolute atomic E-state index is 10.8. The molecule has 0 aromatic carbocycles. The van der Waals surface area contributed by atoms with E-state index in [1.54, 1.807) is 112 Å². The number of phosphoric ester groups is 1. The second-order valence-electron chi connectivity index (χ2n) is 16.8. The Morgan fingerprint density at radius 1 is 0.547 bits per heavy atom. The molecule has 0 aromatic rings. The van der Waals surface area contributed by atoms with Crippen molar-refractivity contribution in [1.82, 2.24) is 10.6 Å². The van der Waals surface area contributed by atoms with Crippen molar-refractivity contribution in [3.8, 4) is 0 Å². The number of hydrogen-bond donors (Lipinski definition) is 5. The van der Waals surface area contributed by atoms with Gasteiger partial charge in [-0.3, -0.25) is 4.52 Å². The van der Waals surface area contributed by atoms with Crippen LogP contribution >= 0.6 is 7.82 Å². The van der Waals surface area contributed by atoms with Crippen molar-refractivity contribution in [3.05, 3.63) is 24.3 Å². The van der Waals surface area contributed by atoms with Crippen LogP contribution in [0.3, 0.4) is 0 Å². The van der Waals surface area contributed by atoms with Crippen LogP contribution in [0.25, 0.3) is 0 Å². The highest BCUT2D eigenvalue weighted by atomic mass is 31.2. The largest absolute Gasteiger partial charge is 0.469 e. The summed E-state index contributed by atoms with van der Waals surface area (Å²) in [5.41, 5.74) is 0.669. The molecule has 18 heteroatoms. The van der Waals surface area contributed by atoms with E-state index in [1.165, 1.54) is 47.3 Å². The van der Waals surface area contributed by atoms with Gasteiger partial charge in [-0.05, 0) is 153 Å². The monoisotopic (exact) mass is 935 g/mol. The van der Waals surface area contributed by atoms with Gasteiger partial charge in [-0.1, -0.05) is 26.0 Å². The molecule has 64 heavy (non-hydrogen) atoms. The summed E-state index contributed by atoms with van der Waals surface area (Å²) in [4.78, 5) is 59.5. The first-order valence-electron chi connectivity index (χ1n) is 23.5. The second-order valence-corrected chi connectivity index (χ2v) is 18.0. The lowest BCUT2D eigenvalue weighted by molar-refractivity contribution is -0.139. The summed E-state index contributed by atoms with van der Waals surface area (Å²) >= 11 is 0. The van der Waals surface area contributed by atoms with Gasteiger partial charge >= 0.3 is 31.9 Å². The number of ether oxygens (including phenoxy) is 6. The van der Waals surface area contributed by atoms with Crippen LogP contribution in [-0.4, -0.2) is 118 Å². The van der Waals surface area contributed by atoms with Gasteiger partial charge in [0.1, 0.15) is 13.2 Å². The SMILES string of the molecule is C1CC2C3CCC(C3)C2C1.C1CC2C3CCC(C3)C2C1.C=C(C)C(=O)OCCNC(=O)OCC.C=C(C)C(=O)OCCNC(=O)OCC.CCOCCO.CCOCCOP(=O)(O)O. The predicted molar refractivity (Wildman–Crippen MR) is 243 cm³/mol. The van der Waals surface area contributed by atoms with Gasteiger partial charge in [-0.25, -0.2) is 23.7 Å². The van der Waals surface area contributed by atoms with Crippen LogP contribution in [0, 0.1) is 47.3 Å². The Balaban J connectivity index is 0.000000390. The second kappa shape index (κ2) is 34.3. The van der Waals surface area contributed by atoms with Gasteiger partial charge in [-0.2, -0.15) is 0 Å². The summed E-state index contributed by atoms with van der Waals surface area (Å²) in [5, 5.41) is 12.9. The van der Waals surface area contributed by atoms with Crippen LogP contribution < -0.4 is 10.6 Å². The molecule has 0 saturated heterocycles. The lowest BCUT2D eigenvalue weighted by atomic mass is 9.82. The quantitative estimate of drug-likeness (QED) is 0.0294. The molecular formula is C46H83N2O15P. The lowest BCUT2D eigenvalue weighted by Gasteiger charge is -2.23. The topological polar surface area (TPSA) is 235 Å². The molecule has 17 nitrogen and oxygen atoms in total. The number of rotatable bonds is 18. The average Bonchev–Trinajstić information content (AvgIpc) is 4.12. The number of hydrogen-bond acceptors (Lipinski definition) is 13. The number of aliphatic hydroxyl groups is 1. The van der Waals surface area contributed by atoms with E-state index in [0.717, 1.165) is 0 Å². The number of carbonyl (C=O) groups excluding carboxylic acids is 4. The van der Waals surface area contributed by atoms with Gasteiger partial charge in [0.05, 0.1) is 52.7 Å². The third-order valence-electron chi connectivity index (χ3n) is 12.3. The first kappa shape index (κ1) is 59.0. The van der Waals surface area contributed by atoms with E-state index >= 15 is 0 Å². The van der Waals surface area contributed by atoms with Gasteiger partial charge < -0.3 is 53.9 Å². The van der Waals surface area contributed by atoms with E-state index < -0.39 is 31.9 Å². The number of alkyl carbamates (subject to hydrolysis) is 2. The number of phosphoric acid groups is 1. The Morgan fingerprint density at radius 3 is 1.19 bits per heavy atom. The average molecular weight is 935 g/mol. The van der Waals surface area contributed by atoms with E-state index in [0.29, 0.717) is 44.2 Å². The molecule has 0 radical (unpaired) electrons. The normalized spacial score (nSPS) is 24.6. The van der Waals surface area contributed by atoms with Crippen LogP contribution in [0.1, 0.15) is 119 Å². The number of esters is 2. The van der Waals surface area contributed by atoms with Gasteiger partial charge in [0.2, 0.25) is 0 Å². The third-order valence-corrected chi connectivity index (χ3v) is 12.8. The smallest absolute Gasteiger partial charge is 0.460 e. The van der Waals surface area contributed by atoms with Crippen LogP contribution in [0.2, 0.25) is 0 Å². The highest BCUT2D eigenvalue weighted by molar-refractivity contribution is 7.46. The molecule has 6 saturated carbocycles. The highest BCUT2D eigenvalue weighted by Crippen LogP contribution is 2.59. The summed E-state index contributed by atoms with van der Waals surface area (Å²) in [6.45, 7) is 20.3. The van der Waals surface area contributed by atoms with Crippen LogP contribution in [-0.2, 0) is 47.1 Å². The minimum Gasteiger partial charge on any atom is -0.460 e. The molecule has 0 aliphatic heterocycles. The van der Waals surface area contributed by atoms with E-state index in [9.17, 15) is 23.7 Å². The van der Waals surface area contributed by atoms with Crippen LogP contribution in [0.15, 0.2) is 24.3 Å². The fraction of sp³-hybridized carbons (Fsp3) is 0.826. The van der Waals surface area contributed by atoms with Gasteiger partial charge in [0.15, 0.2) is 0 Å². The number of carbonyl (C=O) groups is 4. The van der Waals surface area contributed by atoms with Crippen molar-refractivity contribution in [2.45, 2.75) is 119 Å². The summed E-state index contributed by atoms with van der Waals surface area (Å²) in [5.74, 6) is 8.67. The Hall–Kier alpha value is -3.05. The van der Waals surface area contributed by atoms with Gasteiger partial charge in [-0.15, -0.1) is 0 Å². The number of nitrogens with one attached hydrogen (secondary N) is 2. The molecule has 6 rings (SSSR count). The van der Waals surface area contributed by atoms with Crippen molar-refractivity contribution in [3.63, 3.8) is 0 Å². The van der Waals surface area contributed by atoms with Crippen molar-refractivity contribution < 1.29 is 71.6 Å². The van der Waals surface area contributed by atoms with E-state index in [2.05, 4.69) is 37.8 Å². The zero-order valence-corrected chi connectivity index (χ0v) is 40.6. The standard InChI is InChI=1S/2C10H16.2C9H15NO4.C4H11O5P.C4H10O2/c2*1-2-9-7-4-5-8(6-7)10(9)3-1;2*1-4-13-9(12)10-5-6-14-8(11)7(2)3;1-2-8-3-4-9-10(5,6)7;1-2-6-4-3-5/h2*7-10H,1-6H2;2*2,4-6H2,1,3H3,(H,10,12);2-4H2,1H3,(H2,5,6,7);5H,2-4H2,1H3. The van der Waals surface area contributed by atoms with E-state index in [-0.39, 0.29) is 46.1 Å². The number of amides is 2. The molecule has 6 aliphatic carbocycles. The summed E-state index contributed by atoms with van der Waals surface area (Å²) in [6.07, 6.45) is 18.0. The van der Waals surface area contributed by atoms with Crippen molar-refractivity contribution in [2.24, 2.45) is 47.3 Å². The fourth-order valence-corrected chi connectivity index (χ4v) is 10.1. The van der Waals surface area contributed by atoms with Crippen molar-refractivity contribution in [2.75, 3.05) is 79.2 Å². The van der Waals surface area contributed by atoms with Crippen molar-refractivity contribution in [1.29, 1.82) is 0 Å². The van der Waals surface area contributed by atoms with Gasteiger partial charge in [0.25, 0.3) is 0 Å². The fourth-order valence-electron chi connectivity index (χ4n) is 9.81. The lowest BCUT2D eigenvalue weighted by Crippen LogP contribution is -2.28. The van der Waals surface area contributed by atoms with Gasteiger partial charge in [0, 0.05) is 24.4 Å². The maximum Gasteiger partial charge on any atom is 0.469 e.